The molecule has 14 heavy (non-hydrogen) atoms. The van der Waals surface area contributed by atoms with Gasteiger partial charge in [0.2, 0.25) is 0 Å². The third-order valence-corrected chi connectivity index (χ3v) is 9.18. The molecule has 4 heteroatoms. The van der Waals surface area contributed by atoms with Crippen molar-refractivity contribution in [2.45, 2.75) is 0 Å². The second kappa shape index (κ2) is 4.09. The van der Waals surface area contributed by atoms with Crippen LogP contribution in [0.5, 0.6) is 0 Å². The average Bonchev–Trinajstić information content (AvgIpc) is 2.15. The molecule has 0 unspecified atom stereocenters. The fourth-order valence-electron chi connectivity index (χ4n) is 1.47. The minimum atomic E-state index is -3.51. The van der Waals surface area contributed by atoms with E-state index in [9.17, 15) is 0 Å². The van der Waals surface area contributed by atoms with E-state index in [4.69, 9.17) is 26.8 Å². The number of fused-ring (bicyclic) bond motifs is 1. The fourth-order valence-corrected chi connectivity index (χ4v) is 7.12. The van der Waals surface area contributed by atoms with Gasteiger partial charge in [0.1, 0.15) is 0 Å². The van der Waals surface area contributed by atoms with E-state index in [-0.39, 0.29) is 0 Å². The van der Waals surface area contributed by atoms with Gasteiger partial charge >= 0.3 is 98.6 Å². The standard InChI is InChI=1S/C10H7.3ClH.Sn/c1-2-6-10-8-4-3-7-9(10)5-1;;;;/h1-7H;3*1H;/q;;;;+3/p-3. The summed E-state index contributed by atoms with van der Waals surface area (Å²) in [6, 6.07) is 13.9. The second-order valence-corrected chi connectivity index (χ2v) is 22.7. The molecular formula is C10H7Cl3Sn. The Morgan fingerprint density at radius 3 is 2.14 bits per heavy atom. The SMILES string of the molecule is [Cl][Sn]([Cl])([Cl])[c]1cccc2ccccc12. The molecule has 0 saturated carbocycles. The number of benzene rings is 2. The quantitative estimate of drug-likeness (QED) is 0.687. The van der Waals surface area contributed by atoms with Crippen LogP contribution >= 0.6 is 26.8 Å². The number of halogens is 3. The molecule has 2 aromatic rings. The maximum atomic E-state index is 6.08. The van der Waals surface area contributed by atoms with Crippen molar-refractivity contribution in [1.82, 2.24) is 0 Å². The van der Waals surface area contributed by atoms with Gasteiger partial charge in [-0.25, -0.2) is 0 Å². The zero-order valence-electron chi connectivity index (χ0n) is 7.18. The van der Waals surface area contributed by atoms with Gasteiger partial charge in [0.25, 0.3) is 0 Å². The van der Waals surface area contributed by atoms with Crippen molar-refractivity contribution in [1.29, 1.82) is 0 Å². The van der Waals surface area contributed by atoms with Gasteiger partial charge in [-0.15, -0.1) is 0 Å². The molecule has 72 valence electrons. The van der Waals surface area contributed by atoms with Gasteiger partial charge in [-0.2, -0.15) is 0 Å². The van der Waals surface area contributed by atoms with Gasteiger partial charge in [-0.1, -0.05) is 0 Å². The number of hydrogen-bond donors (Lipinski definition) is 0. The van der Waals surface area contributed by atoms with E-state index in [2.05, 4.69) is 0 Å². The van der Waals surface area contributed by atoms with Crippen LogP contribution in [0.3, 0.4) is 0 Å². The minimum absolute atomic E-state index is 0.933. The first-order valence-corrected chi connectivity index (χ1v) is 16.4. The third-order valence-electron chi connectivity index (χ3n) is 2.10. The Labute approximate surface area is 97.8 Å². The molecule has 0 nitrogen and oxygen atoms in total. The first-order chi connectivity index (χ1) is 6.59. The molecule has 0 heterocycles. The first-order valence-electron chi connectivity index (χ1n) is 4.14. The Kier molecular flexibility index (Phi) is 3.17. The van der Waals surface area contributed by atoms with Gasteiger partial charge in [-0.05, 0) is 0 Å². The summed E-state index contributed by atoms with van der Waals surface area (Å²) in [6.45, 7) is 0. The summed E-state index contributed by atoms with van der Waals surface area (Å²) in [5, 5.41) is 2.21. The van der Waals surface area contributed by atoms with Gasteiger partial charge in [0.05, 0.1) is 0 Å². The van der Waals surface area contributed by atoms with E-state index in [0.29, 0.717) is 0 Å². The van der Waals surface area contributed by atoms with E-state index in [1.807, 2.05) is 42.5 Å². The van der Waals surface area contributed by atoms with Crippen LogP contribution in [0.2, 0.25) is 0 Å². The van der Waals surface area contributed by atoms with Crippen molar-refractivity contribution < 1.29 is 0 Å². The van der Waals surface area contributed by atoms with E-state index in [0.717, 1.165) is 14.4 Å². The van der Waals surface area contributed by atoms with Gasteiger partial charge in [-0.3, -0.25) is 0 Å². The van der Waals surface area contributed by atoms with Crippen LogP contribution in [-0.2, 0) is 0 Å². The molecule has 0 radical (unpaired) electrons. The van der Waals surface area contributed by atoms with Crippen molar-refractivity contribution in [3.63, 3.8) is 0 Å². The van der Waals surface area contributed by atoms with Crippen LogP contribution in [0, 0.1) is 0 Å². The van der Waals surface area contributed by atoms with Crippen LogP contribution in [0.1, 0.15) is 0 Å². The summed E-state index contributed by atoms with van der Waals surface area (Å²) in [4.78, 5) is 0. The Morgan fingerprint density at radius 1 is 0.786 bits per heavy atom. The summed E-state index contributed by atoms with van der Waals surface area (Å²) in [7, 11) is 18.2. The average molecular weight is 352 g/mol. The van der Waals surface area contributed by atoms with Crippen molar-refractivity contribution in [3.8, 4) is 0 Å². The molecule has 0 bridgehead atoms. The predicted octanol–water partition coefficient (Wildman–Crippen LogP) is 3.70. The molecule has 2 aromatic carbocycles. The zero-order chi connectivity index (χ0) is 10.2. The normalized spacial score (nSPS) is 11.9. The monoisotopic (exact) mass is 352 g/mol. The van der Waals surface area contributed by atoms with Gasteiger partial charge in [0.15, 0.2) is 0 Å². The van der Waals surface area contributed by atoms with E-state index in [1.165, 1.54) is 0 Å². The number of rotatable bonds is 1. The Morgan fingerprint density at radius 2 is 1.43 bits per heavy atom. The molecule has 0 saturated heterocycles. The Bertz CT molecular complexity index is 457. The van der Waals surface area contributed by atoms with E-state index < -0.39 is 15.0 Å². The number of hydrogen-bond acceptors (Lipinski definition) is 0. The fraction of sp³-hybridized carbons (Fsp3) is 0. The second-order valence-electron chi connectivity index (χ2n) is 3.02. The summed E-state index contributed by atoms with van der Waals surface area (Å²) in [5.41, 5.74) is 0. The van der Waals surface area contributed by atoms with Crippen molar-refractivity contribution >= 4 is 56.1 Å². The van der Waals surface area contributed by atoms with Crippen LogP contribution in [-0.4, -0.2) is 15.0 Å². The Hall–Kier alpha value is 0.369. The third kappa shape index (κ3) is 2.13. The van der Waals surface area contributed by atoms with Gasteiger partial charge in [0, 0.05) is 0 Å². The van der Waals surface area contributed by atoms with E-state index in [1.54, 1.807) is 0 Å². The summed E-state index contributed by atoms with van der Waals surface area (Å²) in [6.07, 6.45) is 0. The summed E-state index contributed by atoms with van der Waals surface area (Å²) < 4.78 is 0.933. The van der Waals surface area contributed by atoms with Gasteiger partial charge < -0.3 is 0 Å². The Balaban J connectivity index is 2.78. The predicted molar refractivity (Wildman–Crippen MR) is 66.9 cm³/mol. The first kappa shape index (κ1) is 10.9. The summed E-state index contributed by atoms with van der Waals surface area (Å²) >= 11 is -3.51. The molecule has 0 atom stereocenters. The zero-order valence-corrected chi connectivity index (χ0v) is 12.3. The van der Waals surface area contributed by atoms with E-state index >= 15 is 0 Å². The molecule has 0 fully saturated rings. The van der Waals surface area contributed by atoms with Crippen LogP contribution < -0.4 is 3.58 Å². The van der Waals surface area contributed by atoms with Crippen molar-refractivity contribution in [3.05, 3.63) is 42.5 Å². The molecule has 0 N–H and O–H groups in total. The molecule has 0 aliphatic rings. The molecule has 0 amide bonds. The van der Waals surface area contributed by atoms with Crippen LogP contribution in [0.15, 0.2) is 42.5 Å². The molecule has 0 aliphatic heterocycles. The van der Waals surface area contributed by atoms with Crippen LogP contribution in [0.4, 0.5) is 0 Å². The molecular weight excluding hydrogens is 345 g/mol. The molecule has 0 aromatic heterocycles. The topological polar surface area (TPSA) is 0 Å². The maximum absolute atomic E-state index is 6.08. The van der Waals surface area contributed by atoms with Crippen molar-refractivity contribution in [2.75, 3.05) is 0 Å². The molecule has 0 spiro atoms. The molecule has 2 rings (SSSR count). The van der Waals surface area contributed by atoms with Crippen LogP contribution in [0.25, 0.3) is 10.8 Å². The summed E-state index contributed by atoms with van der Waals surface area (Å²) in [5.74, 6) is 0. The van der Waals surface area contributed by atoms with Crippen molar-refractivity contribution in [2.24, 2.45) is 0 Å². The molecule has 0 aliphatic carbocycles.